The SMILES string of the molecule is CC(N)CCC(=O)N1CCN(CCOC(C)C)CC1. The third kappa shape index (κ3) is 6.89. The molecule has 19 heavy (non-hydrogen) atoms. The first-order valence-corrected chi connectivity index (χ1v) is 7.36. The molecule has 112 valence electrons. The molecule has 0 saturated carbocycles. The summed E-state index contributed by atoms with van der Waals surface area (Å²) in [6.07, 6.45) is 1.65. The van der Waals surface area contributed by atoms with Crippen molar-refractivity contribution in [2.24, 2.45) is 5.73 Å². The Kier molecular flexibility index (Phi) is 7.34. The lowest BCUT2D eigenvalue weighted by molar-refractivity contribution is -0.133. The Morgan fingerprint density at radius 3 is 2.37 bits per heavy atom. The van der Waals surface area contributed by atoms with Crippen molar-refractivity contribution in [1.82, 2.24) is 9.80 Å². The maximum Gasteiger partial charge on any atom is 0.222 e. The molecule has 1 aliphatic heterocycles. The first-order chi connectivity index (χ1) is 8.99. The number of ether oxygens (including phenoxy) is 1. The lowest BCUT2D eigenvalue weighted by Crippen LogP contribution is -2.49. The Bertz CT molecular complexity index is 261. The largest absolute Gasteiger partial charge is 0.377 e. The Morgan fingerprint density at radius 1 is 1.21 bits per heavy atom. The van der Waals surface area contributed by atoms with Gasteiger partial charge in [-0.2, -0.15) is 0 Å². The van der Waals surface area contributed by atoms with Crippen LogP contribution in [0.4, 0.5) is 0 Å². The fourth-order valence-corrected chi connectivity index (χ4v) is 2.15. The lowest BCUT2D eigenvalue weighted by Gasteiger charge is -2.35. The number of nitrogens with zero attached hydrogens (tertiary/aromatic N) is 2. The summed E-state index contributed by atoms with van der Waals surface area (Å²) in [7, 11) is 0. The van der Waals surface area contributed by atoms with Gasteiger partial charge in [-0.15, -0.1) is 0 Å². The van der Waals surface area contributed by atoms with Crippen molar-refractivity contribution in [3.05, 3.63) is 0 Å². The predicted octanol–water partition coefficient (Wildman–Crippen LogP) is 0.683. The summed E-state index contributed by atoms with van der Waals surface area (Å²) >= 11 is 0. The summed E-state index contributed by atoms with van der Waals surface area (Å²) in [4.78, 5) is 16.3. The maximum atomic E-state index is 11.9. The third-order valence-electron chi connectivity index (χ3n) is 3.40. The fraction of sp³-hybridized carbons (Fsp3) is 0.929. The van der Waals surface area contributed by atoms with E-state index in [1.54, 1.807) is 0 Å². The van der Waals surface area contributed by atoms with Crippen LogP contribution in [0.15, 0.2) is 0 Å². The van der Waals surface area contributed by atoms with E-state index in [0.717, 1.165) is 45.8 Å². The van der Waals surface area contributed by atoms with Crippen LogP contribution in [0.1, 0.15) is 33.6 Å². The molecule has 1 unspecified atom stereocenters. The molecule has 5 heteroatoms. The molecule has 0 bridgehead atoms. The second-order valence-electron chi connectivity index (χ2n) is 5.66. The molecule has 1 rings (SSSR count). The summed E-state index contributed by atoms with van der Waals surface area (Å²) in [5.74, 6) is 0.246. The molecule has 1 fully saturated rings. The quantitative estimate of drug-likeness (QED) is 0.740. The number of hydrogen-bond acceptors (Lipinski definition) is 4. The zero-order valence-electron chi connectivity index (χ0n) is 12.6. The monoisotopic (exact) mass is 271 g/mol. The lowest BCUT2D eigenvalue weighted by atomic mass is 10.1. The third-order valence-corrected chi connectivity index (χ3v) is 3.40. The minimum atomic E-state index is 0.110. The van der Waals surface area contributed by atoms with E-state index in [0.29, 0.717) is 12.5 Å². The van der Waals surface area contributed by atoms with Gasteiger partial charge >= 0.3 is 0 Å². The highest BCUT2D eigenvalue weighted by Gasteiger charge is 2.20. The van der Waals surface area contributed by atoms with Gasteiger partial charge in [-0.25, -0.2) is 0 Å². The summed E-state index contributed by atoms with van der Waals surface area (Å²) in [6.45, 7) is 11.3. The van der Waals surface area contributed by atoms with Crippen LogP contribution in [0.3, 0.4) is 0 Å². The number of nitrogens with two attached hydrogens (primary N) is 1. The van der Waals surface area contributed by atoms with Gasteiger partial charge in [0.1, 0.15) is 0 Å². The zero-order chi connectivity index (χ0) is 14.3. The highest BCUT2D eigenvalue weighted by molar-refractivity contribution is 5.76. The summed E-state index contributed by atoms with van der Waals surface area (Å²) in [5, 5.41) is 0. The van der Waals surface area contributed by atoms with Crippen LogP contribution in [-0.2, 0) is 9.53 Å². The molecule has 0 aliphatic carbocycles. The van der Waals surface area contributed by atoms with Crippen molar-refractivity contribution in [2.45, 2.75) is 45.8 Å². The second kappa shape index (κ2) is 8.51. The van der Waals surface area contributed by atoms with Crippen LogP contribution in [0, 0.1) is 0 Å². The van der Waals surface area contributed by atoms with Gasteiger partial charge in [-0.05, 0) is 27.2 Å². The molecule has 2 N–H and O–H groups in total. The topological polar surface area (TPSA) is 58.8 Å². The normalized spacial score (nSPS) is 18.9. The van der Waals surface area contributed by atoms with E-state index in [1.165, 1.54) is 0 Å². The minimum Gasteiger partial charge on any atom is -0.377 e. The van der Waals surface area contributed by atoms with E-state index in [9.17, 15) is 4.79 Å². The Hall–Kier alpha value is -0.650. The Morgan fingerprint density at radius 2 is 1.84 bits per heavy atom. The molecule has 0 aromatic carbocycles. The fourth-order valence-electron chi connectivity index (χ4n) is 2.15. The molecule has 0 aromatic rings. The number of hydrogen-bond donors (Lipinski definition) is 1. The first-order valence-electron chi connectivity index (χ1n) is 7.36. The number of carbonyl (C=O) groups excluding carboxylic acids is 1. The molecule has 1 amide bonds. The summed E-state index contributed by atoms with van der Waals surface area (Å²) in [6, 6.07) is 0.110. The molecule has 1 saturated heterocycles. The molecule has 1 aliphatic rings. The number of rotatable bonds is 7. The van der Waals surface area contributed by atoms with E-state index in [2.05, 4.69) is 18.7 Å². The van der Waals surface area contributed by atoms with Crippen molar-refractivity contribution in [3.8, 4) is 0 Å². The number of piperazine rings is 1. The van der Waals surface area contributed by atoms with Crippen molar-refractivity contribution in [3.63, 3.8) is 0 Å². The first kappa shape index (κ1) is 16.4. The van der Waals surface area contributed by atoms with Crippen LogP contribution < -0.4 is 5.73 Å². The van der Waals surface area contributed by atoms with E-state index in [-0.39, 0.29) is 11.9 Å². The summed E-state index contributed by atoms with van der Waals surface area (Å²) < 4.78 is 5.55. The van der Waals surface area contributed by atoms with Crippen molar-refractivity contribution in [2.75, 3.05) is 39.3 Å². The molecule has 1 heterocycles. The molecule has 0 radical (unpaired) electrons. The van der Waals surface area contributed by atoms with Gasteiger partial charge in [0.2, 0.25) is 5.91 Å². The molecule has 5 nitrogen and oxygen atoms in total. The molecular weight excluding hydrogens is 242 g/mol. The van der Waals surface area contributed by atoms with E-state index < -0.39 is 0 Å². The van der Waals surface area contributed by atoms with E-state index in [4.69, 9.17) is 10.5 Å². The van der Waals surface area contributed by atoms with Gasteiger partial charge in [0.05, 0.1) is 12.7 Å². The molecule has 0 aromatic heterocycles. The molecule has 0 spiro atoms. The standard InChI is InChI=1S/C14H29N3O2/c1-12(2)19-11-10-16-6-8-17(9-7-16)14(18)5-4-13(3)15/h12-13H,4-11,15H2,1-3H3. The van der Waals surface area contributed by atoms with E-state index >= 15 is 0 Å². The van der Waals surface area contributed by atoms with Crippen LogP contribution in [-0.4, -0.2) is 67.2 Å². The van der Waals surface area contributed by atoms with Gasteiger partial charge in [-0.3, -0.25) is 9.69 Å². The van der Waals surface area contributed by atoms with Crippen molar-refractivity contribution < 1.29 is 9.53 Å². The second-order valence-corrected chi connectivity index (χ2v) is 5.66. The summed E-state index contributed by atoms with van der Waals surface area (Å²) in [5.41, 5.74) is 5.68. The minimum absolute atomic E-state index is 0.110. The van der Waals surface area contributed by atoms with E-state index in [1.807, 2.05) is 11.8 Å². The Labute approximate surface area is 117 Å². The predicted molar refractivity (Wildman–Crippen MR) is 77.0 cm³/mol. The maximum absolute atomic E-state index is 11.9. The average Bonchev–Trinajstić information content (AvgIpc) is 2.36. The van der Waals surface area contributed by atoms with Crippen molar-refractivity contribution in [1.29, 1.82) is 0 Å². The molecule has 1 atom stereocenters. The average molecular weight is 271 g/mol. The highest BCUT2D eigenvalue weighted by Crippen LogP contribution is 2.06. The van der Waals surface area contributed by atoms with Gasteiger partial charge in [0.15, 0.2) is 0 Å². The highest BCUT2D eigenvalue weighted by atomic mass is 16.5. The van der Waals surface area contributed by atoms with Crippen LogP contribution in [0.5, 0.6) is 0 Å². The van der Waals surface area contributed by atoms with Gasteiger partial charge in [-0.1, -0.05) is 0 Å². The van der Waals surface area contributed by atoms with Gasteiger partial charge in [0, 0.05) is 45.2 Å². The van der Waals surface area contributed by atoms with Gasteiger partial charge in [0.25, 0.3) is 0 Å². The van der Waals surface area contributed by atoms with Crippen molar-refractivity contribution >= 4 is 5.91 Å². The smallest absolute Gasteiger partial charge is 0.222 e. The Balaban J connectivity index is 2.15. The van der Waals surface area contributed by atoms with Gasteiger partial charge < -0.3 is 15.4 Å². The van der Waals surface area contributed by atoms with Crippen LogP contribution in [0.2, 0.25) is 0 Å². The number of carbonyl (C=O) groups is 1. The van der Waals surface area contributed by atoms with Crippen LogP contribution >= 0.6 is 0 Å². The molecular formula is C14H29N3O2. The van der Waals surface area contributed by atoms with Crippen LogP contribution in [0.25, 0.3) is 0 Å². The number of amides is 1. The zero-order valence-corrected chi connectivity index (χ0v) is 12.6.